The van der Waals surface area contributed by atoms with Crippen molar-refractivity contribution >= 4 is 178 Å². The summed E-state index contributed by atoms with van der Waals surface area (Å²) >= 11 is 0. The van der Waals surface area contributed by atoms with E-state index in [0.717, 1.165) is 68.3 Å². The molecule has 0 radical (unpaired) electrons. The Morgan fingerprint density at radius 1 is 0.275 bits per heavy atom. The Bertz CT molecular complexity index is 6570. The molecule has 708 valence electrons. The molecule has 8 heterocycles. The van der Waals surface area contributed by atoms with Crippen molar-refractivity contribution in [3.8, 4) is 4.90 Å². The zero-order valence-electron chi connectivity index (χ0n) is 82.1. The van der Waals surface area contributed by atoms with Crippen molar-refractivity contribution in [2.45, 2.75) is 175 Å². The van der Waals surface area contributed by atoms with E-state index in [-0.39, 0.29) is 10.5 Å². The molecule has 25 rings (SSSR count). The van der Waals surface area contributed by atoms with Gasteiger partial charge >= 0.3 is 0 Å². The van der Waals surface area contributed by atoms with Crippen molar-refractivity contribution in [2.24, 2.45) is 23.7 Å². The van der Waals surface area contributed by atoms with E-state index in [2.05, 4.69) is 277 Å². The van der Waals surface area contributed by atoms with Crippen molar-refractivity contribution < 1.29 is 14.4 Å². The van der Waals surface area contributed by atoms with Gasteiger partial charge in [0.2, 0.25) is 17.3 Å². The number of Topliss-reactive ketones (excluding diaryl/α,β-unsaturated/α-hetero) is 3. The van der Waals surface area contributed by atoms with Gasteiger partial charge in [0.05, 0.1) is 0 Å². The maximum atomic E-state index is 12.3. The first kappa shape index (κ1) is 99.4. The molecule has 11 heteroatoms. The summed E-state index contributed by atoms with van der Waals surface area (Å²) in [6.07, 6.45) is 25.2. The highest BCUT2D eigenvalue weighted by Gasteiger charge is 2.57. The van der Waals surface area contributed by atoms with E-state index in [9.17, 15) is 14.4 Å². The van der Waals surface area contributed by atoms with Crippen molar-refractivity contribution in [1.82, 2.24) is 0 Å². The average molecular weight is 1970 g/mol. The summed E-state index contributed by atoms with van der Waals surface area (Å²) in [5.74, 6) is 25.3. The van der Waals surface area contributed by atoms with Crippen molar-refractivity contribution in [1.29, 1.82) is 0 Å². The standard InChI is InChI=1S/C20H23S.C18H13S.C18H23S.C16H17OS.2C15H17S.C13H17OS.C12H15OS/c1-13-6-9-20(17-5-3-2-4-16(13)17)21-11-18-14-7-8-15(10-14)19(18)12-21;1-2-8-14(9-3-1)19-17-12-6-4-10-15(17)16-11-5-7-13-18(16)19;1-3-7-15-8-6-13-19(15)18-12-11-14(2)16-9-4-5-10-17(16)18;17-16(12-18-9-3-4-10-18)15-8-7-13-5-1-2-6-14(13)11-15;2*1-12-8-9-15(16-10-4-5-11-16)14-7-3-2-6-13(12)14;14-13(12-7-3-1-4-8-12)11-15-9-5-2-6-10-15;13-12(10-14-8-4-5-9-14)11-6-2-1-3-7-11/h2-6,9,14-15,18-19H,7-8,10-12H2,1H3;1-13H;4-5,9-12,15H,3,6-8,13H2,1-2H3;1-2,5-8,11H,3-4,9-10,12H2;2*2-3,6-9H,4-5,10-11H2,1H3;1,3-4,7-8H,2,5-6,9-11H2;1-3,6-7H,4-5,8-10H2/q8*+1. The van der Waals surface area contributed by atoms with Crippen molar-refractivity contribution in [3.05, 3.63) is 367 Å². The Labute approximate surface area is 847 Å². The van der Waals surface area contributed by atoms with Crippen LogP contribution in [0.1, 0.15) is 176 Å². The molecule has 3 nitrogen and oxygen atoms in total. The van der Waals surface area contributed by atoms with Crippen molar-refractivity contribution in [2.75, 3.05) is 92.0 Å². The molecule has 0 amide bonds. The molecule has 16 aromatic rings. The molecule has 7 saturated heterocycles. The summed E-state index contributed by atoms with van der Waals surface area (Å²) in [5, 5.41) is 17.9. The van der Waals surface area contributed by atoms with Gasteiger partial charge < -0.3 is 0 Å². The number of carbonyl (C=O) groups is 3. The van der Waals surface area contributed by atoms with Gasteiger partial charge in [-0.05, 0) is 327 Å². The van der Waals surface area contributed by atoms with Gasteiger partial charge in [0, 0.05) is 115 Å². The summed E-state index contributed by atoms with van der Waals surface area (Å²) in [6, 6.07) is 117. The highest BCUT2D eigenvalue weighted by atomic mass is 32.2. The topological polar surface area (TPSA) is 51.2 Å². The number of fused-ring (bicyclic) bond motifs is 13. The lowest BCUT2D eigenvalue weighted by Gasteiger charge is -2.19. The molecular weight excluding hydrogens is 1830 g/mol. The monoisotopic (exact) mass is 1970 g/mol. The highest BCUT2D eigenvalue weighted by Crippen LogP contribution is 2.58. The Balaban J connectivity index is 0.000000105. The number of thiophene rings is 1. The Morgan fingerprint density at radius 3 is 1.03 bits per heavy atom. The molecule has 7 aliphatic heterocycles. The molecule has 0 spiro atoms. The quantitative estimate of drug-likeness (QED) is 0.0716. The predicted octanol–water partition coefficient (Wildman–Crippen LogP) is 31.8. The van der Waals surface area contributed by atoms with Crippen LogP contribution < -0.4 is 0 Å². The second-order valence-corrected chi connectivity index (χ2v) is 57.1. The van der Waals surface area contributed by atoms with Gasteiger partial charge in [0.1, 0.15) is 80.0 Å². The first-order chi connectivity index (χ1) is 67.8. The van der Waals surface area contributed by atoms with E-state index in [4.69, 9.17) is 0 Å². The number of hydrogen-bond donors (Lipinski definition) is 0. The number of benzene rings is 15. The second-order valence-electron chi connectivity index (χ2n) is 39.2. The molecule has 2 bridgehead atoms. The first-order valence-electron chi connectivity index (χ1n) is 51.6. The normalized spacial score (nSPS) is 20.1. The first-order valence-corrected chi connectivity index (χ1v) is 64.2. The molecular formula is C127H142O3S8+8. The van der Waals surface area contributed by atoms with E-state index >= 15 is 0 Å². The third-order valence-electron chi connectivity index (χ3n) is 30.0. The summed E-state index contributed by atoms with van der Waals surface area (Å²) in [6.45, 7) is 11.2. The molecule has 138 heavy (non-hydrogen) atoms. The van der Waals surface area contributed by atoms with Gasteiger partial charge in [-0.25, -0.2) is 0 Å². The summed E-state index contributed by atoms with van der Waals surface area (Å²) in [4.78, 5) is 43.9. The number of aryl methyl sites for hydroxylation is 4. The fourth-order valence-corrected chi connectivity index (χ4v) is 43.1. The van der Waals surface area contributed by atoms with Crippen LogP contribution in [0, 0.1) is 51.4 Å². The molecule has 9 aliphatic rings. The number of hydrogen-bond acceptors (Lipinski definition) is 3. The van der Waals surface area contributed by atoms with E-state index in [1.54, 1.807) is 26.0 Å². The van der Waals surface area contributed by atoms with Crippen LogP contribution in [0.25, 0.3) is 78.9 Å². The van der Waals surface area contributed by atoms with E-state index in [0.29, 0.717) is 93.6 Å². The van der Waals surface area contributed by atoms with Crippen LogP contribution in [0.4, 0.5) is 0 Å². The zero-order valence-corrected chi connectivity index (χ0v) is 88.6. The minimum absolute atomic E-state index is 0.0594. The largest absolute Gasteiger partial charge is 0.289 e. The summed E-state index contributed by atoms with van der Waals surface area (Å²) in [5.41, 5.74) is 8.30. The van der Waals surface area contributed by atoms with Crippen LogP contribution in [0.2, 0.25) is 0 Å². The number of carbonyl (C=O) groups excluding carboxylic acids is 3. The SMILES string of the molecule is CCCC1CCC[S+]1c1ccc(C)c2ccccc12.Cc1ccc([S+]2CC3C4CCC(C4)C3C2)c2ccccc12.Cc1ccc([S+]2CCCC2)c2ccccc12.Cc1ccc([S+]2CCCC2)c2ccccc12.O=C(C[S+]1CCCC1)c1ccc2ccccc2c1.O=C(C[S+]1CCCC1)c1ccccc1.O=C(C[S+]1CCCCC1)c1ccccc1.c1ccc(-[s+]2c3ccccc3c3ccccc32)cc1. The minimum Gasteiger partial charge on any atom is -0.289 e. The number of rotatable bonds is 16. The molecule has 9 fully saturated rings. The van der Waals surface area contributed by atoms with Crippen LogP contribution in [0.15, 0.2) is 347 Å². The lowest BCUT2D eigenvalue weighted by atomic mass is 9.82. The molecule has 15 aromatic carbocycles. The highest BCUT2D eigenvalue weighted by molar-refractivity contribution is 7.99. The molecule has 6 unspecified atom stereocenters. The van der Waals surface area contributed by atoms with E-state index in [1.807, 2.05) is 84.9 Å². The maximum absolute atomic E-state index is 12.3. The summed E-state index contributed by atoms with van der Waals surface area (Å²) < 4.78 is 2.91. The van der Waals surface area contributed by atoms with E-state index < -0.39 is 0 Å². The van der Waals surface area contributed by atoms with Gasteiger partial charge in [-0.2, -0.15) is 0 Å². The van der Waals surface area contributed by atoms with Crippen LogP contribution >= 0.6 is 10.5 Å². The molecule has 6 atom stereocenters. The molecule has 1 aromatic heterocycles. The molecule has 0 N–H and O–H groups in total. The van der Waals surface area contributed by atoms with E-state index in [1.165, 1.54) is 280 Å². The average Bonchev–Trinajstić information content (AvgIpc) is 1.66. The third kappa shape index (κ3) is 24.6. The fourth-order valence-electron chi connectivity index (χ4n) is 22.7. The third-order valence-corrected chi connectivity index (χ3v) is 50.1. The van der Waals surface area contributed by atoms with Gasteiger partial charge in [0.25, 0.3) is 0 Å². The van der Waals surface area contributed by atoms with Gasteiger partial charge in [-0.1, -0.05) is 250 Å². The van der Waals surface area contributed by atoms with Gasteiger partial charge in [-0.3, -0.25) is 14.4 Å². The van der Waals surface area contributed by atoms with Gasteiger partial charge in [0.15, 0.2) is 51.1 Å². The van der Waals surface area contributed by atoms with Crippen LogP contribution in [-0.2, 0) is 76.3 Å². The zero-order chi connectivity index (χ0) is 94.5. The number of ketones is 3. The Hall–Kier alpha value is -8.72. The van der Waals surface area contributed by atoms with Crippen LogP contribution in [0.5, 0.6) is 0 Å². The second kappa shape index (κ2) is 49.3. The fraction of sp³-hybridized carbons (Fsp3) is 0.346. The Kier molecular flexibility index (Phi) is 35.5. The Morgan fingerprint density at radius 2 is 0.609 bits per heavy atom. The molecule has 2 saturated carbocycles. The lowest BCUT2D eigenvalue weighted by Crippen LogP contribution is -2.25. The maximum Gasteiger partial charge on any atom is 0.211 e. The van der Waals surface area contributed by atoms with Gasteiger partial charge in [-0.15, -0.1) is 0 Å². The lowest BCUT2D eigenvalue weighted by molar-refractivity contribution is 0.101. The van der Waals surface area contributed by atoms with Crippen LogP contribution in [0.3, 0.4) is 0 Å². The predicted molar refractivity (Wildman–Crippen MR) is 619 cm³/mol. The smallest absolute Gasteiger partial charge is 0.211 e. The van der Waals surface area contributed by atoms with Crippen molar-refractivity contribution in [3.63, 3.8) is 0 Å². The summed E-state index contributed by atoms with van der Waals surface area (Å²) in [7, 11) is 3.24. The minimum atomic E-state index is 0.0594. The molecule has 2 aliphatic carbocycles. The van der Waals surface area contributed by atoms with Crippen LogP contribution in [-0.4, -0.2) is 115 Å².